The second-order valence-corrected chi connectivity index (χ2v) is 7.81. The van der Waals surface area contributed by atoms with E-state index in [1.54, 1.807) is 24.4 Å². The van der Waals surface area contributed by atoms with Gasteiger partial charge in [0.25, 0.3) is 5.91 Å². The summed E-state index contributed by atoms with van der Waals surface area (Å²) in [6.45, 7) is -0.189. The van der Waals surface area contributed by atoms with Crippen molar-refractivity contribution in [2.75, 3.05) is 18.9 Å². The van der Waals surface area contributed by atoms with Crippen molar-refractivity contribution in [2.24, 2.45) is 0 Å². The molecule has 0 saturated heterocycles. The van der Waals surface area contributed by atoms with E-state index in [1.807, 2.05) is 24.3 Å². The summed E-state index contributed by atoms with van der Waals surface area (Å²) in [5.74, 6) is -0.960. The summed E-state index contributed by atoms with van der Waals surface area (Å²) < 4.78 is 13.9. The first-order valence-corrected chi connectivity index (χ1v) is 10.7. The molecule has 0 radical (unpaired) electrons. The van der Waals surface area contributed by atoms with E-state index < -0.39 is 5.91 Å². The molecule has 0 aliphatic heterocycles. The van der Waals surface area contributed by atoms with Gasteiger partial charge >= 0.3 is 0 Å². The third kappa shape index (κ3) is 5.12. The van der Waals surface area contributed by atoms with E-state index in [0.717, 1.165) is 10.0 Å². The second-order valence-electron chi connectivity index (χ2n) is 6.96. The van der Waals surface area contributed by atoms with Crippen LogP contribution in [-0.4, -0.2) is 40.4 Å². The van der Waals surface area contributed by atoms with Gasteiger partial charge in [0, 0.05) is 34.4 Å². The molecule has 3 N–H and O–H groups in total. The summed E-state index contributed by atoms with van der Waals surface area (Å²) >= 11 is 3.52. The summed E-state index contributed by atoms with van der Waals surface area (Å²) in [5.41, 5.74) is 2.32. The zero-order chi connectivity index (χ0) is 23.4. The van der Waals surface area contributed by atoms with Crippen LogP contribution >= 0.6 is 15.9 Å². The number of likely N-dealkylation sites (N-methyl/N-ethyl adjacent to an activating group) is 1. The molecule has 8 nitrogen and oxygen atoms in total. The van der Waals surface area contributed by atoms with E-state index in [1.165, 1.54) is 19.2 Å². The van der Waals surface area contributed by atoms with Crippen LogP contribution in [-0.2, 0) is 4.79 Å². The lowest BCUT2D eigenvalue weighted by molar-refractivity contribution is -0.119. The number of hydrogen-bond acceptors (Lipinski definition) is 6. The highest BCUT2D eigenvalue weighted by atomic mass is 79.9. The summed E-state index contributed by atoms with van der Waals surface area (Å²) in [7, 11) is 1.49. The number of benzene rings is 2. The minimum Gasteiger partial charge on any atom is -0.358 e. The quantitative estimate of drug-likeness (QED) is 0.365. The van der Waals surface area contributed by atoms with Crippen molar-refractivity contribution in [1.29, 1.82) is 0 Å². The van der Waals surface area contributed by atoms with Crippen LogP contribution in [0.2, 0.25) is 0 Å². The van der Waals surface area contributed by atoms with E-state index >= 15 is 0 Å². The molecular formula is C23H18BrFN6O2. The average Bonchev–Trinajstić information content (AvgIpc) is 2.83. The summed E-state index contributed by atoms with van der Waals surface area (Å²) in [4.78, 5) is 37.8. The first-order chi connectivity index (χ1) is 15.9. The molecule has 0 fully saturated rings. The van der Waals surface area contributed by atoms with Crippen molar-refractivity contribution < 1.29 is 14.0 Å². The Labute approximate surface area is 196 Å². The van der Waals surface area contributed by atoms with Gasteiger partial charge in [0.1, 0.15) is 11.5 Å². The number of nitrogens with one attached hydrogen (secondary N) is 3. The number of aromatic nitrogens is 3. The van der Waals surface area contributed by atoms with Gasteiger partial charge in [-0.25, -0.2) is 14.4 Å². The molecule has 33 heavy (non-hydrogen) atoms. The molecule has 4 aromatic rings. The molecule has 2 aromatic heterocycles. The van der Waals surface area contributed by atoms with E-state index in [-0.39, 0.29) is 35.6 Å². The van der Waals surface area contributed by atoms with Crippen molar-refractivity contribution in [2.45, 2.75) is 0 Å². The number of halogens is 2. The van der Waals surface area contributed by atoms with Crippen molar-refractivity contribution in [1.82, 2.24) is 25.6 Å². The Morgan fingerprint density at radius 3 is 2.52 bits per heavy atom. The fraction of sp³-hybridized carbons (Fsp3) is 0.0870. The molecule has 2 heterocycles. The van der Waals surface area contributed by atoms with Gasteiger partial charge in [-0.1, -0.05) is 34.1 Å². The second kappa shape index (κ2) is 9.70. The number of carbonyl (C=O) groups excluding carboxylic acids is 2. The van der Waals surface area contributed by atoms with Crippen molar-refractivity contribution in [3.05, 3.63) is 76.8 Å². The topological polar surface area (TPSA) is 109 Å². The number of carbonyl (C=O) groups is 2. The van der Waals surface area contributed by atoms with E-state index in [9.17, 15) is 14.0 Å². The summed E-state index contributed by atoms with van der Waals surface area (Å²) in [6, 6.07) is 15.0. The van der Waals surface area contributed by atoms with Gasteiger partial charge in [0.05, 0.1) is 6.54 Å². The fourth-order valence-corrected chi connectivity index (χ4v) is 3.58. The average molecular weight is 509 g/mol. The molecule has 2 aromatic carbocycles. The number of rotatable bonds is 6. The maximum absolute atomic E-state index is 13.2. The van der Waals surface area contributed by atoms with Crippen LogP contribution in [0.5, 0.6) is 0 Å². The van der Waals surface area contributed by atoms with Crippen LogP contribution in [0.1, 0.15) is 10.5 Å². The predicted molar refractivity (Wildman–Crippen MR) is 127 cm³/mol. The molecule has 0 atom stereocenters. The van der Waals surface area contributed by atoms with Crippen LogP contribution in [0.3, 0.4) is 0 Å². The number of pyridine rings is 1. The van der Waals surface area contributed by atoms with Gasteiger partial charge in [0.2, 0.25) is 11.9 Å². The van der Waals surface area contributed by atoms with Crippen LogP contribution in [0.25, 0.3) is 22.2 Å². The Balaban J connectivity index is 1.77. The predicted octanol–water partition coefficient (Wildman–Crippen LogP) is 3.81. The van der Waals surface area contributed by atoms with Gasteiger partial charge in [-0.05, 0) is 42.0 Å². The SMILES string of the molecule is CNC(=O)CNC(=O)c1nc2nc(Nc3ccc(F)cc3)ncc2cc1-c1ccccc1Br. The Bertz CT molecular complexity index is 1350. The van der Waals surface area contributed by atoms with Crippen LogP contribution in [0, 0.1) is 5.82 Å². The van der Waals surface area contributed by atoms with Crippen LogP contribution in [0.4, 0.5) is 16.0 Å². The third-order valence-electron chi connectivity index (χ3n) is 4.74. The molecule has 0 aliphatic carbocycles. The van der Waals surface area contributed by atoms with Gasteiger partial charge in [-0.2, -0.15) is 4.98 Å². The number of fused-ring (bicyclic) bond motifs is 1. The molecule has 0 unspecified atom stereocenters. The van der Waals surface area contributed by atoms with E-state index in [2.05, 4.69) is 46.8 Å². The minimum atomic E-state index is -0.516. The van der Waals surface area contributed by atoms with E-state index in [4.69, 9.17) is 0 Å². The lowest BCUT2D eigenvalue weighted by Gasteiger charge is -2.13. The van der Waals surface area contributed by atoms with Gasteiger partial charge in [-0.3, -0.25) is 9.59 Å². The van der Waals surface area contributed by atoms with Crippen LogP contribution in [0.15, 0.2) is 65.3 Å². The number of amides is 2. The molecule has 4 rings (SSSR count). The number of nitrogens with zero attached hydrogens (tertiary/aromatic N) is 3. The maximum Gasteiger partial charge on any atom is 0.271 e. The van der Waals surface area contributed by atoms with Crippen molar-refractivity contribution in [3.63, 3.8) is 0 Å². The zero-order valence-corrected chi connectivity index (χ0v) is 19.0. The standard InChI is InChI=1S/C23H18BrFN6O2/c1-26-19(32)12-27-22(33)20-17(16-4-2-3-5-18(16)24)10-13-11-28-23(31-21(13)30-20)29-15-8-6-14(25)7-9-15/h2-11H,12H2,1H3,(H,26,32)(H,27,33)(H,28,29,30,31). The molecule has 2 amide bonds. The largest absolute Gasteiger partial charge is 0.358 e. The first-order valence-electron chi connectivity index (χ1n) is 9.88. The highest BCUT2D eigenvalue weighted by molar-refractivity contribution is 9.10. The van der Waals surface area contributed by atoms with Gasteiger partial charge in [0.15, 0.2) is 5.65 Å². The number of anilines is 2. The Hall–Kier alpha value is -3.92. The van der Waals surface area contributed by atoms with Crippen molar-refractivity contribution in [3.8, 4) is 11.1 Å². The lowest BCUT2D eigenvalue weighted by Crippen LogP contribution is -2.35. The Kier molecular flexibility index (Phi) is 6.55. The van der Waals surface area contributed by atoms with Gasteiger partial charge < -0.3 is 16.0 Å². The molecule has 166 valence electrons. The highest BCUT2D eigenvalue weighted by Crippen LogP contribution is 2.32. The smallest absolute Gasteiger partial charge is 0.271 e. The molecule has 0 bridgehead atoms. The van der Waals surface area contributed by atoms with Crippen LogP contribution < -0.4 is 16.0 Å². The summed E-state index contributed by atoms with van der Waals surface area (Å²) in [6.07, 6.45) is 1.59. The minimum absolute atomic E-state index is 0.115. The first kappa shape index (κ1) is 22.3. The maximum atomic E-state index is 13.2. The monoisotopic (exact) mass is 508 g/mol. The Morgan fingerprint density at radius 2 is 1.79 bits per heavy atom. The van der Waals surface area contributed by atoms with Crippen molar-refractivity contribution >= 4 is 50.4 Å². The van der Waals surface area contributed by atoms with E-state index in [0.29, 0.717) is 16.6 Å². The van der Waals surface area contributed by atoms with Gasteiger partial charge in [-0.15, -0.1) is 0 Å². The summed E-state index contributed by atoms with van der Waals surface area (Å²) in [5, 5.41) is 8.64. The highest BCUT2D eigenvalue weighted by Gasteiger charge is 2.19. The molecular weight excluding hydrogens is 491 g/mol. The fourth-order valence-electron chi connectivity index (χ4n) is 3.08. The molecule has 0 saturated carbocycles. The normalized spacial score (nSPS) is 10.6. The molecule has 0 aliphatic rings. The Morgan fingerprint density at radius 1 is 1.03 bits per heavy atom. The lowest BCUT2D eigenvalue weighted by atomic mass is 10.0. The molecule has 0 spiro atoms. The molecule has 10 heteroatoms. The third-order valence-corrected chi connectivity index (χ3v) is 5.43. The number of hydrogen-bond donors (Lipinski definition) is 3. The zero-order valence-electron chi connectivity index (χ0n) is 17.4.